The van der Waals surface area contributed by atoms with Gasteiger partial charge in [-0.3, -0.25) is 5.41 Å². The van der Waals surface area contributed by atoms with Crippen molar-refractivity contribution in [3.05, 3.63) is 29.3 Å². The number of anilines is 1. The van der Waals surface area contributed by atoms with Crippen LogP contribution in [0.2, 0.25) is 0 Å². The lowest BCUT2D eigenvalue weighted by atomic mass is 10.1. The Bertz CT molecular complexity index is 655. The number of rotatable bonds is 1. The van der Waals surface area contributed by atoms with Crippen LogP contribution >= 0.6 is 11.8 Å². The van der Waals surface area contributed by atoms with Crippen molar-refractivity contribution in [3.8, 4) is 0 Å². The Labute approximate surface area is 117 Å². The molecule has 2 saturated heterocycles. The van der Waals surface area contributed by atoms with Gasteiger partial charge in [0.25, 0.3) is 0 Å². The molecule has 2 heterocycles. The number of sulfone groups is 1. The number of aryl methyl sites for hydroxylation is 2. The summed E-state index contributed by atoms with van der Waals surface area (Å²) in [7, 11) is -2.95. The number of benzene rings is 1. The number of amidine groups is 1. The van der Waals surface area contributed by atoms with E-state index in [1.54, 1.807) is 0 Å². The van der Waals surface area contributed by atoms with Gasteiger partial charge in [-0.25, -0.2) is 8.42 Å². The van der Waals surface area contributed by atoms with E-state index in [4.69, 9.17) is 5.41 Å². The van der Waals surface area contributed by atoms with Crippen LogP contribution in [0, 0.1) is 19.3 Å². The lowest BCUT2D eigenvalue weighted by molar-refractivity contribution is 0.601. The molecule has 1 aromatic carbocycles. The highest BCUT2D eigenvalue weighted by molar-refractivity contribution is 8.15. The van der Waals surface area contributed by atoms with Gasteiger partial charge in [0.2, 0.25) is 0 Å². The van der Waals surface area contributed by atoms with E-state index < -0.39 is 9.84 Å². The van der Waals surface area contributed by atoms with Crippen molar-refractivity contribution in [1.29, 1.82) is 5.41 Å². The summed E-state index contributed by atoms with van der Waals surface area (Å²) in [5.74, 6) is 0.368. The van der Waals surface area contributed by atoms with Crippen LogP contribution in [0.25, 0.3) is 0 Å². The summed E-state index contributed by atoms with van der Waals surface area (Å²) in [6, 6.07) is 6.02. The van der Waals surface area contributed by atoms with Gasteiger partial charge in [0.05, 0.1) is 17.5 Å². The molecule has 4 nitrogen and oxygen atoms in total. The van der Waals surface area contributed by atoms with E-state index in [1.807, 2.05) is 36.9 Å². The van der Waals surface area contributed by atoms with Gasteiger partial charge in [0, 0.05) is 10.9 Å². The molecule has 19 heavy (non-hydrogen) atoms. The number of nitrogens with one attached hydrogen (secondary N) is 1. The minimum atomic E-state index is -2.95. The maximum absolute atomic E-state index is 11.8. The van der Waals surface area contributed by atoms with Crippen LogP contribution in [0.5, 0.6) is 0 Å². The Kier molecular flexibility index (Phi) is 2.90. The highest BCUT2D eigenvalue weighted by Crippen LogP contribution is 2.41. The second-order valence-corrected chi connectivity index (χ2v) is 8.65. The number of hydrogen-bond acceptors (Lipinski definition) is 4. The zero-order chi connectivity index (χ0) is 13.8. The molecule has 6 heteroatoms. The fraction of sp³-hybridized carbons (Fsp3) is 0.462. The fourth-order valence-electron chi connectivity index (χ4n) is 2.77. The second kappa shape index (κ2) is 4.24. The van der Waals surface area contributed by atoms with Crippen LogP contribution in [-0.4, -0.2) is 36.4 Å². The summed E-state index contributed by atoms with van der Waals surface area (Å²) in [5, 5.41) is 8.61. The van der Waals surface area contributed by atoms with Crippen molar-refractivity contribution >= 4 is 32.5 Å². The summed E-state index contributed by atoms with van der Waals surface area (Å²) in [6.45, 7) is 4.02. The summed E-state index contributed by atoms with van der Waals surface area (Å²) in [4.78, 5) is 1.90. The van der Waals surface area contributed by atoms with E-state index >= 15 is 0 Å². The Hall–Kier alpha value is -1.01. The van der Waals surface area contributed by atoms with E-state index in [-0.39, 0.29) is 22.8 Å². The molecule has 3 rings (SSSR count). The van der Waals surface area contributed by atoms with Gasteiger partial charge in [-0.2, -0.15) is 0 Å². The monoisotopic (exact) mass is 296 g/mol. The van der Waals surface area contributed by atoms with E-state index in [2.05, 4.69) is 0 Å². The first-order chi connectivity index (χ1) is 8.87. The van der Waals surface area contributed by atoms with Crippen molar-refractivity contribution in [2.45, 2.75) is 25.1 Å². The van der Waals surface area contributed by atoms with Gasteiger partial charge in [-0.1, -0.05) is 23.9 Å². The van der Waals surface area contributed by atoms with Gasteiger partial charge in [-0.05, 0) is 31.0 Å². The third-order valence-electron chi connectivity index (χ3n) is 3.71. The topological polar surface area (TPSA) is 61.2 Å². The number of nitrogens with zero attached hydrogens (tertiary/aromatic N) is 1. The predicted octanol–water partition coefficient (Wildman–Crippen LogP) is 1.96. The number of thioether (sulfide) groups is 1. The standard InChI is InChI=1S/C13H16N2O2S2/c1-8-3-4-9(2)10(5-8)15-11-6-19(16,17)7-12(11)18-13(15)14/h3-5,11-12,14H,6-7H2,1-2H3/t11-,12-/m0/s1. The fourth-order valence-corrected chi connectivity index (χ4v) is 6.55. The molecule has 0 bridgehead atoms. The molecular weight excluding hydrogens is 280 g/mol. The van der Waals surface area contributed by atoms with E-state index in [0.29, 0.717) is 5.17 Å². The molecule has 2 atom stereocenters. The molecule has 0 aromatic heterocycles. The van der Waals surface area contributed by atoms with Crippen molar-refractivity contribution in [1.82, 2.24) is 0 Å². The Morgan fingerprint density at radius 2 is 2.05 bits per heavy atom. The maximum Gasteiger partial charge on any atom is 0.161 e. The molecule has 1 aromatic rings. The Balaban J connectivity index is 2.04. The van der Waals surface area contributed by atoms with Gasteiger partial charge in [0.15, 0.2) is 15.0 Å². The van der Waals surface area contributed by atoms with E-state index in [0.717, 1.165) is 16.8 Å². The third kappa shape index (κ3) is 2.17. The lowest BCUT2D eigenvalue weighted by Gasteiger charge is -2.26. The summed E-state index contributed by atoms with van der Waals surface area (Å²) < 4.78 is 23.5. The first-order valence-corrected chi connectivity index (χ1v) is 8.89. The van der Waals surface area contributed by atoms with Crippen LogP contribution in [-0.2, 0) is 9.84 Å². The molecule has 0 radical (unpaired) electrons. The largest absolute Gasteiger partial charge is 0.316 e. The van der Waals surface area contributed by atoms with Crippen molar-refractivity contribution < 1.29 is 8.42 Å². The first-order valence-electron chi connectivity index (χ1n) is 6.19. The van der Waals surface area contributed by atoms with E-state index in [1.165, 1.54) is 11.8 Å². The molecule has 2 aliphatic rings. The molecule has 0 aliphatic carbocycles. The lowest BCUT2D eigenvalue weighted by Crippen LogP contribution is -2.37. The molecule has 102 valence electrons. The SMILES string of the molecule is Cc1ccc(C)c(N2C(=N)S[C@H]3CS(=O)(=O)C[C@@H]32)c1. The highest BCUT2D eigenvalue weighted by Gasteiger charge is 2.48. The molecular formula is C13H16N2O2S2. The number of fused-ring (bicyclic) bond motifs is 1. The van der Waals surface area contributed by atoms with Gasteiger partial charge >= 0.3 is 0 Å². The second-order valence-electron chi connectivity index (χ2n) is 5.27. The van der Waals surface area contributed by atoms with Crippen LogP contribution in [0.1, 0.15) is 11.1 Å². The Morgan fingerprint density at radius 3 is 2.79 bits per heavy atom. The van der Waals surface area contributed by atoms with Gasteiger partial charge in [0.1, 0.15) is 0 Å². The zero-order valence-corrected chi connectivity index (χ0v) is 12.5. The molecule has 2 aliphatic heterocycles. The van der Waals surface area contributed by atoms with Crippen LogP contribution in [0.4, 0.5) is 5.69 Å². The molecule has 2 fully saturated rings. The van der Waals surface area contributed by atoms with E-state index in [9.17, 15) is 8.42 Å². The van der Waals surface area contributed by atoms with Gasteiger partial charge in [-0.15, -0.1) is 0 Å². The minimum Gasteiger partial charge on any atom is -0.316 e. The predicted molar refractivity (Wildman–Crippen MR) is 79.9 cm³/mol. The smallest absolute Gasteiger partial charge is 0.161 e. The average Bonchev–Trinajstić information content (AvgIpc) is 2.73. The normalized spacial score (nSPS) is 28.7. The quantitative estimate of drug-likeness (QED) is 0.860. The molecule has 0 saturated carbocycles. The average molecular weight is 296 g/mol. The minimum absolute atomic E-state index is 0.0115. The highest BCUT2D eigenvalue weighted by atomic mass is 32.2. The van der Waals surface area contributed by atoms with Crippen LogP contribution in [0.3, 0.4) is 0 Å². The van der Waals surface area contributed by atoms with Crippen LogP contribution < -0.4 is 4.90 Å². The van der Waals surface area contributed by atoms with Crippen molar-refractivity contribution in [2.75, 3.05) is 16.4 Å². The van der Waals surface area contributed by atoms with Gasteiger partial charge < -0.3 is 4.90 Å². The summed E-state index contributed by atoms with van der Waals surface area (Å²) in [5.41, 5.74) is 3.19. The summed E-state index contributed by atoms with van der Waals surface area (Å²) in [6.07, 6.45) is 0. The Morgan fingerprint density at radius 1 is 1.32 bits per heavy atom. The van der Waals surface area contributed by atoms with Crippen LogP contribution in [0.15, 0.2) is 18.2 Å². The van der Waals surface area contributed by atoms with Crippen molar-refractivity contribution in [3.63, 3.8) is 0 Å². The first kappa shape index (κ1) is 13.0. The maximum atomic E-state index is 11.8. The molecule has 0 spiro atoms. The molecule has 1 N–H and O–H groups in total. The number of hydrogen-bond donors (Lipinski definition) is 1. The molecule has 0 amide bonds. The van der Waals surface area contributed by atoms with Crippen molar-refractivity contribution in [2.24, 2.45) is 0 Å². The zero-order valence-electron chi connectivity index (χ0n) is 10.9. The third-order valence-corrected chi connectivity index (χ3v) is 6.84. The molecule has 0 unspecified atom stereocenters. The summed E-state index contributed by atoms with van der Waals surface area (Å²) >= 11 is 1.39.